The summed E-state index contributed by atoms with van der Waals surface area (Å²) >= 11 is 0. The van der Waals surface area contributed by atoms with Crippen molar-refractivity contribution in [1.82, 2.24) is 14.6 Å². The normalized spacial score (nSPS) is 12.6. The van der Waals surface area contributed by atoms with E-state index < -0.39 is 0 Å². The number of aromatic nitrogens is 3. The van der Waals surface area contributed by atoms with E-state index in [1.807, 2.05) is 13.0 Å². The highest BCUT2D eigenvalue weighted by Crippen LogP contribution is 2.32. The zero-order valence-electron chi connectivity index (χ0n) is 11.7. The number of benzene rings is 1. The molecule has 2 aromatic heterocycles. The van der Waals surface area contributed by atoms with Gasteiger partial charge in [-0.2, -0.15) is 5.10 Å². The molecule has 1 N–H and O–H groups in total. The first kappa shape index (κ1) is 12.6. The first-order valence-corrected chi connectivity index (χ1v) is 6.72. The molecule has 22 heavy (non-hydrogen) atoms. The molecule has 110 valence electrons. The summed E-state index contributed by atoms with van der Waals surface area (Å²) in [6.07, 6.45) is 3.32. The maximum Gasteiger partial charge on any atom is 0.255 e. The van der Waals surface area contributed by atoms with Crippen molar-refractivity contribution >= 4 is 17.2 Å². The Bertz CT molecular complexity index is 888. The molecule has 1 aliphatic heterocycles. The summed E-state index contributed by atoms with van der Waals surface area (Å²) in [5.74, 6) is 0.971. The van der Waals surface area contributed by atoms with E-state index in [2.05, 4.69) is 15.4 Å². The summed E-state index contributed by atoms with van der Waals surface area (Å²) in [7, 11) is 0. The van der Waals surface area contributed by atoms with Gasteiger partial charge in [0.05, 0.1) is 23.8 Å². The lowest BCUT2D eigenvalue weighted by Gasteiger charge is -2.06. The van der Waals surface area contributed by atoms with Gasteiger partial charge in [0.1, 0.15) is 0 Å². The fourth-order valence-corrected chi connectivity index (χ4v) is 2.30. The first-order valence-electron chi connectivity index (χ1n) is 6.72. The Hall–Kier alpha value is -3.09. The quantitative estimate of drug-likeness (QED) is 0.782. The lowest BCUT2D eigenvalue weighted by atomic mass is 10.2. The van der Waals surface area contributed by atoms with Gasteiger partial charge in [0.2, 0.25) is 6.79 Å². The molecule has 0 saturated carbocycles. The molecule has 4 rings (SSSR count). The molecule has 0 bridgehead atoms. The summed E-state index contributed by atoms with van der Waals surface area (Å²) in [5.41, 5.74) is 2.66. The minimum absolute atomic E-state index is 0.180. The number of carbonyl (C=O) groups is 1. The van der Waals surface area contributed by atoms with Gasteiger partial charge in [-0.05, 0) is 25.1 Å². The van der Waals surface area contributed by atoms with Gasteiger partial charge in [-0.1, -0.05) is 0 Å². The number of fused-ring (bicyclic) bond motifs is 2. The molecule has 0 saturated heterocycles. The van der Waals surface area contributed by atoms with Crippen LogP contribution in [0.4, 0.5) is 5.69 Å². The number of nitrogens with one attached hydrogen (secondary N) is 1. The molecule has 0 spiro atoms. The van der Waals surface area contributed by atoms with Crippen LogP contribution in [0.2, 0.25) is 0 Å². The topological polar surface area (TPSA) is 77.8 Å². The van der Waals surface area contributed by atoms with E-state index in [9.17, 15) is 4.79 Å². The third kappa shape index (κ3) is 2.12. The highest BCUT2D eigenvalue weighted by Gasteiger charge is 2.16. The van der Waals surface area contributed by atoms with Crippen LogP contribution in [-0.2, 0) is 0 Å². The van der Waals surface area contributed by atoms with E-state index in [0.29, 0.717) is 22.7 Å². The monoisotopic (exact) mass is 296 g/mol. The van der Waals surface area contributed by atoms with Crippen LogP contribution in [0, 0.1) is 6.92 Å². The number of hydrogen-bond donors (Lipinski definition) is 1. The van der Waals surface area contributed by atoms with Crippen LogP contribution in [0.5, 0.6) is 11.5 Å². The van der Waals surface area contributed by atoms with E-state index >= 15 is 0 Å². The number of amides is 1. The molecule has 1 aromatic carbocycles. The average Bonchev–Trinajstić information content (AvgIpc) is 3.10. The third-order valence-electron chi connectivity index (χ3n) is 3.33. The van der Waals surface area contributed by atoms with Crippen molar-refractivity contribution in [3.8, 4) is 11.5 Å². The van der Waals surface area contributed by atoms with Gasteiger partial charge in [0.25, 0.3) is 5.91 Å². The molecule has 0 aliphatic carbocycles. The highest BCUT2D eigenvalue weighted by atomic mass is 16.7. The Morgan fingerprint density at radius 1 is 1.27 bits per heavy atom. The predicted molar refractivity (Wildman–Crippen MR) is 78.2 cm³/mol. The predicted octanol–water partition coefficient (Wildman–Crippen LogP) is 2.02. The molecule has 0 radical (unpaired) electrons. The van der Waals surface area contributed by atoms with Crippen LogP contribution in [0.15, 0.2) is 36.7 Å². The number of anilines is 1. The van der Waals surface area contributed by atoms with Crippen LogP contribution in [0.25, 0.3) is 5.65 Å². The highest BCUT2D eigenvalue weighted by molar-refractivity contribution is 6.04. The molecule has 0 atom stereocenters. The summed E-state index contributed by atoms with van der Waals surface area (Å²) < 4.78 is 12.1. The number of hydrogen-bond acceptors (Lipinski definition) is 5. The molecular weight excluding hydrogens is 284 g/mol. The zero-order valence-corrected chi connectivity index (χ0v) is 11.7. The molecular formula is C15H12N4O3. The number of aryl methyl sites for hydroxylation is 1. The fraction of sp³-hybridized carbons (Fsp3) is 0.133. The van der Waals surface area contributed by atoms with Gasteiger partial charge in [0, 0.05) is 11.6 Å². The molecule has 7 heteroatoms. The molecule has 3 heterocycles. The van der Waals surface area contributed by atoms with Crippen molar-refractivity contribution in [1.29, 1.82) is 0 Å². The second kappa shape index (κ2) is 4.73. The van der Waals surface area contributed by atoms with Gasteiger partial charge in [-0.3, -0.25) is 4.79 Å². The smallest absolute Gasteiger partial charge is 0.255 e. The van der Waals surface area contributed by atoms with Crippen LogP contribution in [0.1, 0.15) is 16.1 Å². The van der Waals surface area contributed by atoms with Gasteiger partial charge >= 0.3 is 0 Å². The fourth-order valence-electron chi connectivity index (χ4n) is 2.30. The third-order valence-corrected chi connectivity index (χ3v) is 3.33. The Kier molecular flexibility index (Phi) is 2.72. The second-order valence-corrected chi connectivity index (χ2v) is 4.95. The largest absolute Gasteiger partial charge is 0.454 e. The maximum atomic E-state index is 12.3. The first-order chi connectivity index (χ1) is 10.7. The minimum atomic E-state index is -0.247. The maximum absolute atomic E-state index is 12.3. The summed E-state index contributed by atoms with van der Waals surface area (Å²) in [5, 5.41) is 7.06. The van der Waals surface area contributed by atoms with Crippen molar-refractivity contribution in [2.45, 2.75) is 6.92 Å². The summed E-state index contributed by atoms with van der Waals surface area (Å²) in [4.78, 5) is 16.5. The number of rotatable bonds is 2. The Morgan fingerprint density at radius 3 is 3.05 bits per heavy atom. The van der Waals surface area contributed by atoms with Crippen molar-refractivity contribution in [2.75, 3.05) is 12.1 Å². The Morgan fingerprint density at radius 2 is 2.14 bits per heavy atom. The van der Waals surface area contributed by atoms with E-state index in [1.165, 1.54) is 0 Å². The number of ether oxygens (including phenoxy) is 2. The van der Waals surface area contributed by atoms with Crippen LogP contribution in [-0.4, -0.2) is 27.3 Å². The Labute approximate surface area is 125 Å². The second-order valence-electron chi connectivity index (χ2n) is 4.95. The van der Waals surface area contributed by atoms with Crippen LogP contribution in [0.3, 0.4) is 0 Å². The van der Waals surface area contributed by atoms with Crippen molar-refractivity contribution in [3.63, 3.8) is 0 Å². The number of carbonyl (C=O) groups excluding carboxylic acids is 1. The van der Waals surface area contributed by atoms with E-state index in [4.69, 9.17) is 9.47 Å². The Balaban J connectivity index is 1.59. The van der Waals surface area contributed by atoms with Gasteiger partial charge in [-0.25, -0.2) is 9.50 Å². The SMILES string of the molecule is Cc1cc2ncc(NC(=O)c3ccc4c(c3)OCO4)cn2n1. The molecule has 7 nitrogen and oxygen atoms in total. The van der Waals surface area contributed by atoms with Gasteiger partial charge in [0.15, 0.2) is 17.1 Å². The van der Waals surface area contributed by atoms with Gasteiger partial charge in [-0.15, -0.1) is 0 Å². The van der Waals surface area contributed by atoms with Crippen LogP contribution >= 0.6 is 0 Å². The minimum Gasteiger partial charge on any atom is -0.454 e. The van der Waals surface area contributed by atoms with Gasteiger partial charge < -0.3 is 14.8 Å². The molecule has 1 amide bonds. The summed E-state index contributed by atoms with van der Waals surface area (Å²) in [6, 6.07) is 6.92. The standard InChI is InChI=1S/C15H12N4O3/c1-9-4-14-16-6-11(7-19(14)18-9)17-15(20)10-2-3-12-13(5-10)22-8-21-12/h2-7H,8H2,1H3,(H,17,20). The van der Waals surface area contributed by atoms with Crippen molar-refractivity contribution in [2.24, 2.45) is 0 Å². The van der Waals surface area contributed by atoms with E-state index in [1.54, 1.807) is 35.1 Å². The average molecular weight is 296 g/mol. The molecule has 1 aliphatic rings. The lowest BCUT2D eigenvalue weighted by Crippen LogP contribution is -2.12. The molecule has 3 aromatic rings. The van der Waals surface area contributed by atoms with Crippen molar-refractivity contribution < 1.29 is 14.3 Å². The molecule has 0 fully saturated rings. The zero-order chi connectivity index (χ0) is 15.1. The number of nitrogens with zero attached hydrogens (tertiary/aromatic N) is 3. The molecule has 0 unspecified atom stereocenters. The van der Waals surface area contributed by atoms with E-state index in [-0.39, 0.29) is 12.7 Å². The van der Waals surface area contributed by atoms with Crippen molar-refractivity contribution in [3.05, 3.63) is 47.9 Å². The lowest BCUT2D eigenvalue weighted by molar-refractivity contribution is 0.102. The van der Waals surface area contributed by atoms with Crippen LogP contribution < -0.4 is 14.8 Å². The summed E-state index contributed by atoms with van der Waals surface area (Å²) in [6.45, 7) is 2.07. The van der Waals surface area contributed by atoms with E-state index in [0.717, 1.165) is 11.3 Å².